The first kappa shape index (κ1) is 13.2. The van der Waals surface area contributed by atoms with Gasteiger partial charge in [-0.15, -0.1) is 0 Å². The van der Waals surface area contributed by atoms with Crippen LogP contribution in [-0.4, -0.2) is 16.1 Å². The SMILES string of the molecule is O=C(O)Cc1ccccc1COCc1ccccn1. The maximum absolute atomic E-state index is 10.8. The molecule has 0 aliphatic carbocycles. The number of carboxylic acid groups (broad SMARTS) is 1. The number of nitrogens with zero attached hydrogens (tertiary/aromatic N) is 1. The topological polar surface area (TPSA) is 59.4 Å². The van der Waals surface area contributed by atoms with Gasteiger partial charge >= 0.3 is 5.97 Å². The number of carbonyl (C=O) groups is 1. The minimum Gasteiger partial charge on any atom is -0.481 e. The van der Waals surface area contributed by atoms with Gasteiger partial charge in [-0.2, -0.15) is 0 Å². The van der Waals surface area contributed by atoms with Crippen LogP contribution < -0.4 is 0 Å². The molecule has 0 aliphatic heterocycles. The Morgan fingerprint density at radius 1 is 1.05 bits per heavy atom. The maximum atomic E-state index is 10.8. The van der Waals surface area contributed by atoms with Crippen LogP contribution in [-0.2, 0) is 29.2 Å². The first-order valence-corrected chi connectivity index (χ1v) is 6.02. The van der Waals surface area contributed by atoms with Gasteiger partial charge in [0.05, 0.1) is 25.3 Å². The van der Waals surface area contributed by atoms with Crippen molar-refractivity contribution in [1.29, 1.82) is 0 Å². The molecule has 98 valence electrons. The van der Waals surface area contributed by atoms with Crippen molar-refractivity contribution in [2.24, 2.45) is 0 Å². The highest BCUT2D eigenvalue weighted by molar-refractivity contribution is 5.70. The zero-order valence-electron chi connectivity index (χ0n) is 10.5. The van der Waals surface area contributed by atoms with Gasteiger partial charge in [-0.1, -0.05) is 30.3 Å². The summed E-state index contributed by atoms with van der Waals surface area (Å²) in [6, 6.07) is 13.1. The lowest BCUT2D eigenvalue weighted by atomic mass is 10.1. The number of carboxylic acids is 1. The van der Waals surface area contributed by atoms with E-state index < -0.39 is 5.97 Å². The van der Waals surface area contributed by atoms with Crippen molar-refractivity contribution in [2.75, 3.05) is 0 Å². The molecule has 2 rings (SSSR count). The molecule has 0 spiro atoms. The number of hydrogen-bond acceptors (Lipinski definition) is 3. The lowest BCUT2D eigenvalue weighted by molar-refractivity contribution is -0.136. The second-order valence-corrected chi connectivity index (χ2v) is 4.15. The van der Waals surface area contributed by atoms with Crippen LogP contribution in [0.25, 0.3) is 0 Å². The molecule has 1 aromatic carbocycles. The Labute approximate surface area is 111 Å². The van der Waals surface area contributed by atoms with Gasteiger partial charge in [-0.3, -0.25) is 9.78 Å². The highest BCUT2D eigenvalue weighted by atomic mass is 16.5. The maximum Gasteiger partial charge on any atom is 0.307 e. The lowest BCUT2D eigenvalue weighted by Gasteiger charge is -2.08. The minimum absolute atomic E-state index is 0.0170. The molecule has 4 heteroatoms. The van der Waals surface area contributed by atoms with E-state index in [0.717, 1.165) is 16.8 Å². The molecule has 1 heterocycles. The predicted molar refractivity (Wildman–Crippen MR) is 70.5 cm³/mol. The van der Waals surface area contributed by atoms with Crippen molar-refractivity contribution in [1.82, 2.24) is 4.98 Å². The number of rotatable bonds is 6. The number of benzene rings is 1. The fourth-order valence-corrected chi connectivity index (χ4v) is 1.78. The van der Waals surface area contributed by atoms with E-state index in [2.05, 4.69) is 4.98 Å². The Morgan fingerprint density at radius 2 is 1.79 bits per heavy atom. The first-order chi connectivity index (χ1) is 9.25. The summed E-state index contributed by atoms with van der Waals surface area (Å²) < 4.78 is 5.57. The number of ether oxygens (including phenoxy) is 1. The van der Waals surface area contributed by atoms with Gasteiger partial charge in [-0.25, -0.2) is 0 Å². The van der Waals surface area contributed by atoms with E-state index in [1.54, 1.807) is 6.20 Å². The summed E-state index contributed by atoms with van der Waals surface area (Å²) >= 11 is 0. The van der Waals surface area contributed by atoms with Gasteiger partial charge < -0.3 is 9.84 Å². The van der Waals surface area contributed by atoms with Crippen LogP contribution in [0.5, 0.6) is 0 Å². The van der Waals surface area contributed by atoms with Gasteiger partial charge in [0.2, 0.25) is 0 Å². The second kappa shape index (κ2) is 6.66. The van der Waals surface area contributed by atoms with Crippen LogP contribution in [0.2, 0.25) is 0 Å². The molecule has 4 nitrogen and oxygen atoms in total. The molecule has 19 heavy (non-hydrogen) atoms. The average molecular weight is 257 g/mol. The quantitative estimate of drug-likeness (QED) is 0.863. The summed E-state index contributed by atoms with van der Waals surface area (Å²) in [7, 11) is 0. The van der Waals surface area contributed by atoms with Gasteiger partial charge in [0, 0.05) is 6.20 Å². The number of hydrogen-bond donors (Lipinski definition) is 1. The third-order valence-corrected chi connectivity index (χ3v) is 2.69. The van der Waals surface area contributed by atoms with Crippen LogP contribution >= 0.6 is 0 Å². The fourth-order valence-electron chi connectivity index (χ4n) is 1.78. The Hall–Kier alpha value is -2.20. The second-order valence-electron chi connectivity index (χ2n) is 4.15. The molecule has 0 saturated carbocycles. The largest absolute Gasteiger partial charge is 0.481 e. The van der Waals surface area contributed by atoms with Crippen molar-refractivity contribution in [2.45, 2.75) is 19.6 Å². The Balaban J connectivity index is 1.94. The van der Waals surface area contributed by atoms with Gasteiger partial charge in [0.15, 0.2) is 0 Å². The zero-order valence-corrected chi connectivity index (χ0v) is 10.5. The number of aliphatic carboxylic acids is 1. The van der Waals surface area contributed by atoms with E-state index in [-0.39, 0.29) is 6.42 Å². The van der Waals surface area contributed by atoms with Crippen LogP contribution in [0.1, 0.15) is 16.8 Å². The summed E-state index contributed by atoms with van der Waals surface area (Å²) in [5.74, 6) is -0.836. The summed E-state index contributed by atoms with van der Waals surface area (Å²) in [5.41, 5.74) is 2.55. The normalized spacial score (nSPS) is 10.3. The molecule has 2 aromatic rings. The van der Waals surface area contributed by atoms with E-state index in [1.807, 2.05) is 42.5 Å². The van der Waals surface area contributed by atoms with E-state index in [9.17, 15) is 4.79 Å². The summed E-state index contributed by atoms with van der Waals surface area (Å²) in [6.07, 6.45) is 1.74. The number of aromatic nitrogens is 1. The minimum atomic E-state index is -0.836. The standard InChI is InChI=1S/C15H15NO3/c17-15(18)9-12-5-1-2-6-13(12)10-19-11-14-7-3-4-8-16-14/h1-8H,9-11H2,(H,17,18). The fraction of sp³-hybridized carbons (Fsp3) is 0.200. The monoisotopic (exact) mass is 257 g/mol. The zero-order chi connectivity index (χ0) is 13.5. The highest BCUT2D eigenvalue weighted by Gasteiger charge is 2.06. The Morgan fingerprint density at radius 3 is 2.47 bits per heavy atom. The van der Waals surface area contributed by atoms with Crippen LogP contribution in [0.4, 0.5) is 0 Å². The van der Waals surface area contributed by atoms with Gasteiger partial charge in [0.1, 0.15) is 0 Å². The molecule has 1 aromatic heterocycles. The van der Waals surface area contributed by atoms with E-state index in [4.69, 9.17) is 9.84 Å². The Bertz CT molecular complexity index is 540. The van der Waals surface area contributed by atoms with Gasteiger partial charge in [-0.05, 0) is 23.3 Å². The summed E-state index contributed by atoms with van der Waals surface area (Å²) in [6.45, 7) is 0.808. The van der Waals surface area contributed by atoms with Crippen molar-refractivity contribution >= 4 is 5.97 Å². The molecule has 0 atom stereocenters. The molecule has 0 unspecified atom stereocenters. The predicted octanol–water partition coefficient (Wildman–Crippen LogP) is 2.43. The molecular weight excluding hydrogens is 242 g/mol. The Kier molecular flexibility index (Phi) is 4.64. The van der Waals surface area contributed by atoms with Gasteiger partial charge in [0.25, 0.3) is 0 Å². The molecule has 0 saturated heterocycles. The molecule has 0 fully saturated rings. The summed E-state index contributed by atoms with van der Waals surface area (Å²) in [5, 5.41) is 8.84. The van der Waals surface area contributed by atoms with Crippen molar-refractivity contribution < 1.29 is 14.6 Å². The summed E-state index contributed by atoms with van der Waals surface area (Å²) in [4.78, 5) is 14.9. The van der Waals surface area contributed by atoms with E-state index in [1.165, 1.54) is 0 Å². The average Bonchev–Trinajstić information content (AvgIpc) is 2.41. The molecule has 0 amide bonds. The van der Waals surface area contributed by atoms with Crippen LogP contribution in [0.15, 0.2) is 48.7 Å². The van der Waals surface area contributed by atoms with Crippen molar-refractivity contribution in [3.05, 3.63) is 65.5 Å². The van der Waals surface area contributed by atoms with Crippen molar-refractivity contribution in [3.8, 4) is 0 Å². The van der Waals surface area contributed by atoms with E-state index >= 15 is 0 Å². The highest BCUT2D eigenvalue weighted by Crippen LogP contribution is 2.12. The smallest absolute Gasteiger partial charge is 0.307 e. The lowest BCUT2D eigenvalue weighted by Crippen LogP contribution is -2.05. The molecule has 0 radical (unpaired) electrons. The number of pyridine rings is 1. The third kappa shape index (κ3) is 4.19. The molecule has 0 aliphatic rings. The van der Waals surface area contributed by atoms with E-state index in [0.29, 0.717) is 13.2 Å². The van der Waals surface area contributed by atoms with Crippen LogP contribution in [0, 0.1) is 0 Å². The van der Waals surface area contributed by atoms with Crippen molar-refractivity contribution in [3.63, 3.8) is 0 Å². The molecule has 0 bridgehead atoms. The van der Waals surface area contributed by atoms with Crippen LogP contribution in [0.3, 0.4) is 0 Å². The molecular formula is C15H15NO3. The first-order valence-electron chi connectivity index (χ1n) is 6.02. The third-order valence-electron chi connectivity index (χ3n) is 2.69. The molecule has 1 N–H and O–H groups in total.